The molecule has 0 saturated heterocycles. The quantitative estimate of drug-likeness (QED) is 0.752. The average Bonchev–Trinajstić information content (AvgIpc) is 2.59. The van der Waals surface area contributed by atoms with E-state index in [-0.39, 0.29) is 5.75 Å². The van der Waals surface area contributed by atoms with Gasteiger partial charge in [-0.1, -0.05) is 37.3 Å². The Hall–Kier alpha value is -1.85. The molecule has 0 spiro atoms. The standard InChI is InChI=1S/C18H22O4S/c1-2-18(19)15-9-11-16(12-10-15)22-13-6-14-23(20,21)17-7-4-3-5-8-17/h3-5,7-12,18-19H,2,6,13-14H2,1H3. The van der Waals surface area contributed by atoms with Crippen LogP contribution in [0.5, 0.6) is 5.75 Å². The lowest BCUT2D eigenvalue weighted by Crippen LogP contribution is -2.10. The maximum Gasteiger partial charge on any atom is 0.178 e. The minimum absolute atomic E-state index is 0.0592. The smallest absolute Gasteiger partial charge is 0.178 e. The summed E-state index contributed by atoms with van der Waals surface area (Å²) in [4.78, 5) is 0.345. The Morgan fingerprint density at radius 1 is 1.04 bits per heavy atom. The van der Waals surface area contributed by atoms with Gasteiger partial charge in [-0.3, -0.25) is 0 Å². The molecular formula is C18H22O4S. The fourth-order valence-electron chi connectivity index (χ4n) is 2.21. The van der Waals surface area contributed by atoms with E-state index >= 15 is 0 Å². The van der Waals surface area contributed by atoms with E-state index in [0.29, 0.717) is 30.1 Å². The van der Waals surface area contributed by atoms with Crippen LogP contribution >= 0.6 is 0 Å². The molecular weight excluding hydrogens is 312 g/mol. The van der Waals surface area contributed by atoms with Gasteiger partial charge in [-0.25, -0.2) is 8.42 Å². The Morgan fingerprint density at radius 3 is 2.30 bits per heavy atom. The van der Waals surface area contributed by atoms with Gasteiger partial charge in [0.15, 0.2) is 9.84 Å². The molecule has 1 atom stereocenters. The molecule has 0 bridgehead atoms. The highest BCUT2D eigenvalue weighted by molar-refractivity contribution is 7.91. The Balaban J connectivity index is 1.81. The highest BCUT2D eigenvalue weighted by atomic mass is 32.2. The summed E-state index contributed by atoms with van der Waals surface area (Å²) in [6.07, 6.45) is 0.633. The topological polar surface area (TPSA) is 63.6 Å². The minimum Gasteiger partial charge on any atom is -0.494 e. The van der Waals surface area contributed by atoms with Crippen LogP contribution in [0.3, 0.4) is 0 Å². The fraction of sp³-hybridized carbons (Fsp3) is 0.333. The molecule has 0 saturated carbocycles. The average molecular weight is 334 g/mol. The number of hydrogen-bond acceptors (Lipinski definition) is 4. The van der Waals surface area contributed by atoms with Gasteiger partial charge < -0.3 is 9.84 Å². The van der Waals surface area contributed by atoms with Crippen molar-refractivity contribution in [3.05, 3.63) is 60.2 Å². The third-order valence-corrected chi connectivity index (χ3v) is 5.40. The molecule has 5 heteroatoms. The first-order valence-corrected chi connectivity index (χ1v) is 9.37. The van der Waals surface area contributed by atoms with Gasteiger partial charge in [-0.15, -0.1) is 0 Å². The van der Waals surface area contributed by atoms with Gasteiger partial charge in [0, 0.05) is 0 Å². The van der Waals surface area contributed by atoms with E-state index in [1.807, 2.05) is 19.1 Å². The van der Waals surface area contributed by atoms with E-state index in [9.17, 15) is 13.5 Å². The summed E-state index contributed by atoms with van der Waals surface area (Å²) in [5, 5.41) is 9.72. The van der Waals surface area contributed by atoms with Gasteiger partial charge in [-0.2, -0.15) is 0 Å². The molecule has 0 heterocycles. The molecule has 1 N–H and O–H groups in total. The molecule has 0 amide bonds. The van der Waals surface area contributed by atoms with Gasteiger partial charge in [-0.05, 0) is 42.7 Å². The van der Waals surface area contributed by atoms with Crippen LogP contribution in [0.4, 0.5) is 0 Å². The second-order valence-corrected chi connectivity index (χ2v) is 7.44. The molecule has 0 aliphatic rings. The van der Waals surface area contributed by atoms with Crippen LogP contribution in [-0.2, 0) is 9.84 Å². The van der Waals surface area contributed by atoms with Crippen molar-refractivity contribution < 1.29 is 18.3 Å². The van der Waals surface area contributed by atoms with Crippen LogP contribution in [0.2, 0.25) is 0 Å². The van der Waals surface area contributed by atoms with Crippen molar-refractivity contribution in [1.29, 1.82) is 0 Å². The summed E-state index contributed by atoms with van der Waals surface area (Å²) in [7, 11) is -3.25. The van der Waals surface area contributed by atoms with Crippen molar-refractivity contribution in [2.45, 2.75) is 30.8 Å². The largest absolute Gasteiger partial charge is 0.494 e. The van der Waals surface area contributed by atoms with Crippen LogP contribution < -0.4 is 4.74 Å². The number of benzene rings is 2. The van der Waals surface area contributed by atoms with E-state index in [0.717, 1.165) is 5.56 Å². The molecule has 124 valence electrons. The summed E-state index contributed by atoms with van der Waals surface area (Å²) in [5.74, 6) is 0.734. The Morgan fingerprint density at radius 2 is 1.70 bits per heavy atom. The molecule has 0 radical (unpaired) electrons. The first-order valence-electron chi connectivity index (χ1n) is 7.71. The van der Waals surface area contributed by atoms with Gasteiger partial charge in [0.05, 0.1) is 23.4 Å². The highest BCUT2D eigenvalue weighted by Crippen LogP contribution is 2.20. The first kappa shape index (κ1) is 17.5. The van der Waals surface area contributed by atoms with Crippen molar-refractivity contribution in [3.63, 3.8) is 0 Å². The zero-order chi connectivity index (χ0) is 16.7. The number of aliphatic hydroxyl groups excluding tert-OH is 1. The van der Waals surface area contributed by atoms with Gasteiger partial charge >= 0.3 is 0 Å². The van der Waals surface area contributed by atoms with Crippen LogP contribution in [0.25, 0.3) is 0 Å². The Kier molecular flexibility index (Phi) is 6.19. The molecule has 1 unspecified atom stereocenters. The summed E-state index contributed by atoms with van der Waals surface area (Å²) in [6, 6.07) is 15.7. The van der Waals surface area contributed by atoms with Crippen LogP contribution in [0, 0.1) is 0 Å². The van der Waals surface area contributed by atoms with Crippen molar-refractivity contribution in [1.82, 2.24) is 0 Å². The van der Waals surface area contributed by atoms with Crippen LogP contribution in [0.1, 0.15) is 31.4 Å². The van der Waals surface area contributed by atoms with Crippen LogP contribution in [-0.4, -0.2) is 25.9 Å². The second-order valence-electron chi connectivity index (χ2n) is 5.33. The maximum absolute atomic E-state index is 12.1. The Labute approximate surface area is 137 Å². The molecule has 2 aromatic rings. The minimum atomic E-state index is -3.25. The molecule has 0 aliphatic carbocycles. The molecule has 2 aromatic carbocycles. The number of sulfone groups is 1. The van der Waals surface area contributed by atoms with E-state index in [4.69, 9.17) is 4.74 Å². The fourth-order valence-corrected chi connectivity index (χ4v) is 3.51. The highest BCUT2D eigenvalue weighted by Gasteiger charge is 2.13. The van der Waals surface area contributed by atoms with E-state index in [1.165, 1.54) is 0 Å². The lowest BCUT2D eigenvalue weighted by molar-refractivity contribution is 0.173. The normalized spacial score (nSPS) is 12.8. The van der Waals surface area contributed by atoms with Crippen molar-refractivity contribution in [3.8, 4) is 5.75 Å². The summed E-state index contributed by atoms with van der Waals surface area (Å²) in [5.41, 5.74) is 0.853. The van der Waals surface area contributed by atoms with Gasteiger partial charge in [0.25, 0.3) is 0 Å². The maximum atomic E-state index is 12.1. The zero-order valence-electron chi connectivity index (χ0n) is 13.2. The predicted molar refractivity (Wildman–Crippen MR) is 90.3 cm³/mol. The Bertz CT molecular complexity index is 694. The number of hydrogen-bond donors (Lipinski definition) is 1. The molecule has 0 fully saturated rings. The molecule has 0 aliphatic heterocycles. The lowest BCUT2D eigenvalue weighted by Gasteiger charge is -2.10. The van der Waals surface area contributed by atoms with Crippen molar-refractivity contribution in [2.24, 2.45) is 0 Å². The number of rotatable bonds is 8. The summed E-state index contributed by atoms with van der Waals surface area (Å²) >= 11 is 0. The number of aliphatic hydroxyl groups is 1. The zero-order valence-corrected chi connectivity index (χ0v) is 14.0. The number of ether oxygens (including phenoxy) is 1. The third kappa shape index (κ3) is 5.08. The molecule has 23 heavy (non-hydrogen) atoms. The van der Waals surface area contributed by atoms with Crippen molar-refractivity contribution >= 4 is 9.84 Å². The molecule has 2 rings (SSSR count). The van der Waals surface area contributed by atoms with Crippen molar-refractivity contribution in [2.75, 3.05) is 12.4 Å². The monoisotopic (exact) mass is 334 g/mol. The summed E-state index contributed by atoms with van der Waals surface area (Å²) in [6.45, 7) is 2.25. The third-order valence-electron chi connectivity index (χ3n) is 3.58. The van der Waals surface area contributed by atoms with Gasteiger partial charge in [0.1, 0.15) is 5.75 Å². The SMILES string of the molecule is CCC(O)c1ccc(OCCCS(=O)(=O)c2ccccc2)cc1. The lowest BCUT2D eigenvalue weighted by atomic mass is 10.1. The molecule has 0 aromatic heterocycles. The van der Waals surface area contributed by atoms with E-state index < -0.39 is 15.9 Å². The van der Waals surface area contributed by atoms with E-state index in [2.05, 4.69) is 0 Å². The van der Waals surface area contributed by atoms with Crippen LogP contribution in [0.15, 0.2) is 59.5 Å². The molecule has 4 nitrogen and oxygen atoms in total. The van der Waals surface area contributed by atoms with Gasteiger partial charge in [0.2, 0.25) is 0 Å². The predicted octanol–water partition coefficient (Wildman–Crippen LogP) is 3.37. The van der Waals surface area contributed by atoms with E-state index in [1.54, 1.807) is 42.5 Å². The second kappa shape index (κ2) is 8.13. The summed E-state index contributed by atoms with van der Waals surface area (Å²) < 4.78 is 29.8. The first-order chi connectivity index (χ1) is 11.0.